The number of carbonyl (C=O) groups is 1. The summed E-state index contributed by atoms with van der Waals surface area (Å²) in [6.07, 6.45) is 4.39. The Kier molecular flexibility index (Phi) is 4.10. The van der Waals surface area contributed by atoms with Gasteiger partial charge in [0, 0.05) is 44.4 Å². The Bertz CT molecular complexity index is 744. The van der Waals surface area contributed by atoms with E-state index < -0.39 is 5.79 Å². The molecule has 0 aliphatic carbocycles. The van der Waals surface area contributed by atoms with Crippen molar-refractivity contribution < 1.29 is 18.8 Å². The molecule has 1 N–H and O–H groups in total. The molecular formula is C16H19N5O4. The zero-order valence-electron chi connectivity index (χ0n) is 13.9. The van der Waals surface area contributed by atoms with Gasteiger partial charge in [-0.25, -0.2) is 9.97 Å². The fourth-order valence-electron chi connectivity index (χ4n) is 3.06. The number of anilines is 2. The lowest BCUT2D eigenvalue weighted by atomic mass is 10.0. The number of ether oxygens (including phenoxy) is 2. The van der Waals surface area contributed by atoms with Crippen LogP contribution in [0.25, 0.3) is 0 Å². The third-order valence-electron chi connectivity index (χ3n) is 4.39. The summed E-state index contributed by atoms with van der Waals surface area (Å²) in [6.45, 7) is 4.24. The molecule has 1 spiro atoms. The number of hydrogen-bond donors (Lipinski definition) is 1. The summed E-state index contributed by atoms with van der Waals surface area (Å²) in [5.74, 6) is 0.991. The first-order valence-electron chi connectivity index (χ1n) is 8.23. The highest BCUT2D eigenvalue weighted by molar-refractivity contribution is 5.93. The van der Waals surface area contributed by atoms with E-state index in [2.05, 4.69) is 20.4 Å². The van der Waals surface area contributed by atoms with E-state index in [1.165, 1.54) is 12.4 Å². The topological polar surface area (TPSA) is 103 Å². The van der Waals surface area contributed by atoms with Crippen LogP contribution in [0.2, 0.25) is 0 Å². The highest BCUT2D eigenvalue weighted by Gasteiger charge is 2.40. The largest absolute Gasteiger partial charge is 0.360 e. The summed E-state index contributed by atoms with van der Waals surface area (Å²) in [4.78, 5) is 22.7. The van der Waals surface area contributed by atoms with Crippen LogP contribution in [0.15, 0.2) is 23.0 Å². The summed E-state index contributed by atoms with van der Waals surface area (Å²) in [7, 11) is 0. The standard InChI is InChI=1S/C16H19N5O4/c1-11-8-13(20-25-11)19-15-17-9-12(10-18-15)14(22)21-4-2-16(3-5-21)23-6-7-24-16/h8-10H,2-7H2,1H3,(H,17,18,19,20). The molecule has 2 aliphatic rings. The first-order chi connectivity index (χ1) is 12.1. The number of rotatable bonds is 3. The van der Waals surface area contributed by atoms with Crippen LogP contribution in [-0.2, 0) is 9.47 Å². The van der Waals surface area contributed by atoms with Crippen LogP contribution >= 0.6 is 0 Å². The van der Waals surface area contributed by atoms with Crippen molar-refractivity contribution in [1.82, 2.24) is 20.0 Å². The van der Waals surface area contributed by atoms with Gasteiger partial charge in [-0.3, -0.25) is 4.79 Å². The number of hydrogen-bond acceptors (Lipinski definition) is 8. The molecule has 0 bridgehead atoms. The van der Waals surface area contributed by atoms with Gasteiger partial charge in [0.1, 0.15) is 5.76 Å². The summed E-state index contributed by atoms with van der Waals surface area (Å²) in [5.41, 5.74) is 0.450. The molecule has 4 heterocycles. The molecule has 0 radical (unpaired) electrons. The van der Waals surface area contributed by atoms with E-state index in [-0.39, 0.29) is 5.91 Å². The van der Waals surface area contributed by atoms with Crippen molar-refractivity contribution in [1.29, 1.82) is 0 Å². The molecule has 2 fully saturated rings. The first kappa shape index (κ1) is 16.0. The Morgan fingerprint density at radius 2 is 1.88 bits per heavy atom. The Morgan fingerprint density at radius 3 is 2.48 bits per heavy atom. The van der Waals surface area contributed by atoms with Crippen LogP contribution in [0.1, 0.15) is 29.0 Å². The van der Waals surface area contributed by atoms with Crippen molar-refractivity contribution in [2.75, 3.05) is 31.6 Å². The normalized spacial score (nSPS) is 19.3. The molecule has 0 aromatic carbocycles. The maximum absolute atomic E-state index is 12.6. The van der Waals surface area contributed by atoms with Crippen LogP contribution in [0.5, 0.6) is 0 Å². The molecule has 0 saturated carbocycles. The lowest BCUT2D eigenvalue weighted by Gasteiger charge is -2.37. The number of piperidine rings is 1. The number of likely N-dealkylation sites (tertiary alicyclic amines) is 1. The fraction of sp³-hybridized carbons (Fsp3) is 0.500. The molecule has 2 aromatic rings. The van der Waals surface area contributed by atoms with E-state index in [4.69, 9.17) is 14.0 Å². The van der Waals surface area contributed by atoms with Crippen molar-refractivity contribution >= 4 is 17.7 Å². The molecule has 9 nitrogen and oxygen atoms in total. The Labute approximate surface area is 144 Å². The molecule has 0 unspecified atom stereocenters. The predicted molar refractivity (Wildman–Crippen MR) is 86.3 cm³/mol. The summed E-state index contributed by atoms with van der Waals surface area (Å²) in [5, 5.41) is 6.73. The van der Waals surface area contributed by atoms with Gasteiger partial charge in [-0.15, -0.1) is 0 Å². The third-order valence-corrected chi connectivity index (χ3v) is 4.39. The van der Waals surface area contributed by atoms with Gasteiger partial charge in [0.25, 0.3) is 5.91 Å². The molecule has 132 valence electrons. The van der Waals surface area contributed by atoms with Gasteiger partial charge >= 0.3 is 0 Å². The zero-order chi connectivity index (χ0) is 17.3. The van der Waals surface area contributed by atoms with Crippen LogP contribution < -0.4 is 5.32 Å². The van der Waals surface area contributed by atoms with Crippen molar-refractivity contribution in [3.8, 4) is 0 Å². The van der Waals surface area contributed by atoms with Crippen molar-refractivity contribution in [3.63, 3.8) is 0 Å². The molecule has 9 heteroatoms. The fourth-order valence-corrected chi connectivity index (χ4v) is 3.06. The summed E-state index contributed by atoms with van der Waals surface area (Å²) in [6, 6.07) is 1.74. The predicted octanol–water partition coefficient (Wildman–Crippen LogP) is 1.50. The van der Waals surface area contributed by atoms with E-state index in [0.717, 1.165) is 0 Å². The molecular weight excluding hydrogens is 326 g/mol. The Morgan fingerprint density at radius 1 is 1.20 bits per heavy atom. The SMILES string of the molecule is Cc1cc(Nc2ncc(C(=O)N3CCC4(CC3)OCCO4)cn2)no1. The number of nitrogens with one attached hydrogen (secondary N) is 1. The first-order valence-corrected chi connectivity index (χ1v) is 8.23. The van der Waals surface area contributed by atoms with Gasteiger partial charge in [0.15, 0.2) is 11.6 Å². The minimum atomic E-state index is -0.489. The third kappa shape index (κ3) is 3.33. The second-order valence-corrected chi connectivity index (χ2v) is 6.14. The molecule has 2 aromatic heterocycles. The summed E-state index contributed by atoms with van der Waals surface area (Å²) < 4.78 is 16.3. The highest BCUT2D eigenvalue weighted by atomic mass is 16.7. The van der Waals surface area contributed by atoms with Gasteiger partial charge in [-0.2, -0.15) is 0 Å². The van der Waals surface area contributed by atoms with Crippen LogP contribution in [0, 0.1) is 6.92 Å². The van der Waals surface area contributed by atoms with E-state index in [9.17, 15) is 4.79 Å². The van der Waals surface area contributed by atoms with E-state index >= 15 is 0 Å². The Balaban J connectivity index is 1.37. The second-order valence-electron chi connectivity index (χ2n) is 6.14. The van der Waals surface area contributed by atoms with Gasteiger partial charge in [-0.1, -0.05) is 5.16 Å². The maximum Gasteiger partial charge on any atom is 0.256 e. The number of amides is 1. The van der Waals surface area contributed by atoms with E-state index in [1.807, 2.05) is 0 Å². The van der Waals surface area contributed by atoms with Crippen LogP contribution in [0.3, 0.4) is 0 Å². The monoisotopic (exact) mass is 345 g/mol. The second kappa shape index (κ2) is 6.41. The number of carbonyl (C=O) groups excluding carboxylic acids is 1. The van der Waals surface area contributed by atoms with E-state index in [0.29, 0.717) is 62.2 Å². The minimum Gasteiger partial charge on any atom is -0.360 e. The van der Waals surface area contributed by atoms with Crippen LogP contribution in [0.4, 0.5) is 11.8 Å². The molecule has 2 aliphatic heterocycles. The minimum absolute atomic E-state index is 0.0864. The van der Waals surface area contributed by atoms with E-state index in [1.54, 1.807) is 17.9 Å². The lowest BCUT2D eigenvalue weighted by Crippen LogP contribution is -2.47. The summed E-state index contributed by atoms with van der Waals surface area (Å²) >= 11 is 0. The number of aromatic nitrogens is 3. The smallest absolute Gasteiger partial charge is 0.256 e. The number of aryl methyl sites for hydroxylation is 1. The molecule has 2 saturated heterocycles. The Hall–Kier alpha value is -2.52. The average molecular weight is 345 g/mol. The molecule has 4 rings (SSSR count). The molecule has 1 amide bonds. The lowest BCUT2D eigenvalue weighted by molar-refractivity contribution is -0.181. The zero-order valence-corrected chi connectivity index (χ0v) is 13.9. The highest BCUT2D eigenvalue weighted by Crippen LogP contribution is 2.31. The van der Waals surface area contributed by atoms with Crippen molar-refractivity contribution in [3.05, 3.63) is 29.8 Å². The van der Waals surface area contributed by atoms with Gasteiger partial charge in [-0.05, 0) is 6.92 Å². The van der Waals surface area contributed by atoms with Crippen LogP contribution in [-0.4, -0.2) is 58.0 Å². The quantitative estimate of drug-likeness (QED) is 0.893. The van der Waals surface area contributed by atoms with Gasteiger partial charge in [0.05, 0.1) is 18.8 Å². The molecule has 0 atom stereocenters. The van der Waals surface area contributed by atoms with Crippen molar-refractivity contribution in [2.45, 2.75) is 25.6 Å². The van der Waals surface area contributed by atoms with Crippen molar-refractivity contribution in [2.24, 2.45) is 0 Å². The molecule has 25 heavy (non-hydrogen) atoms. The van der Waals surface area contributed by atoms with Gasteiger partial charge < -0.3 is 24.2 Å². The maximum atomic E-state index is 12.6. The van der Waals surface area contributed by atoms with Gasteiger partial charge in [0.2, 0.25) is 5.95 Å². The number of nitrogens with zero attached hydrogens (tertiary/aromatic N) is 4. The average Bonchev–Trinajstić information content (AvgIpc) is 3.25.